The Morgan fingerprint density at radius 1 is 1.17 bits per heavy atom. The third kappa shape index (κ3) is 4.60. The molecular formula is C21H20N2O6. The van der Waals surface area contributed by atoms with E-state index in [9.17, 15) is 14.9 Å². The van der Waals surface area contributed by atoms with Crippen LogP contribution in [0.15, 0.2) is 53.1 Å². The van der Waals surface area contributed by atoms with Crippen LogP contribution in [0.4, 0.5) is 5.69 Å². The highest BCUT2D eigenvalue weighted by molar-refractivity contribution is 5.89. The fraction of sp³-hybridized carbons (Fsp3) is 0.238. The van der Waals surface area contributed by atoms with Gasteiger partial charge in [-0.25, -0.2) is 4.79 Å². The van der Waals surface area contributed by atoms with Gasteiger partial charge in [0.1, 0.15) is 24.2 Å². The largest absolute Gasteiger partial charge is 0.489 e. The van der Waals surface area contributed by atoms with Gasteiger partial charge in [0.2, 0.25) is 0 Å². The van der Waals surface area contributed by atoms with Gasteiger partial charge >= 0.3 is 5.97 Å². The molecule has 29 heavy (non-hydrogen) atoms. The van der Waals surface area contributed by atoms with Crippen LogP contribution in [-0.2, 0) is 11.3 Å². The molecule has 8 nitrogen and oxygen atoms in total. The smallest absolute Gasteiger partial charge is 0.338 e. The third-order valence-electron chi connectivity index (χ3n) is 4.51. The van der Waals surface area contributed by atoms with Crippen LogP contribution in [0.5, 0.6) is 5.75 Å². The van der Waals surface area contributed by atoms with E-state index >= 15 is 0 Å². The van der Waals surface area contributed by atoms with Gasteiger partial charge in [0.25, 0.3) is 5.69 Å². The average Bonchev–Trinajstić information content (AvgIpc) is 3.04. The lowest BCUT2D eigenvalue weighted by molar-refractivity contribution is -0.386. The molecule has 3 aromatic rings. The molecule has 1 atom stereocenters. The SMILES string of the molecule is Cc1noc(C)c1COc1ccc(C(=O)OC(C)c2ccccc2[N+](=O)[O-])cc1. The van der Waals surface area contributed by atoms with Gasteiger partial charge in [-0.05, 0) is 51.1 Å². The number of hydrogen-bond acceptors (Lipinski definition) is 7. The molecule has 0 amide bonds. The van der Waals surface area contributed by atoms with E-state index in [1.165, 1.54) is 6.07 Å². The second kappa shape index (κ2) is 8.55. The molecule has 0 aliphatic carbocycles. The molecule has 1 unspecified atom stereocenters. The lowest BCUT2D eigenvalue weighted by Crippen LogP contribution is -2.10. The predicted molar refractivity (Wildman–Crippen MR) is 104 cm³/mol. The number of benzene rings is 2. The van der Waals surface area contributed by atoms with Crippen molar-refractivity contribution < 1.29 is 23.7 Å². The lowest BCUT2D eigenvalue weighted by atomic mass is 10.1. The molecule has 1 heterocycles. The van der Waals surface area contributed by atoms with E-state index in [0.717, 1.165) is 11.3 Å². The summed E-state index contributed by atoms with van der Waals surface area (Å²) < 4.78 is 16.2. The molecular weight excluding hydrogens is 376 g/mol. The van der Waals surface area contributed by atoms with Crippen LogP contribution in [-0.4, -0.2) is 16.0 Å². The Morgan fingerprint density at radius 2 is 1.86 bits per heavy atom. The van der Waals surface area contributed by atoms with Crippen molar-refractivity contribution >= 4 is 11.7 Å². The maximum Gasteiger partial charge on any atom is 0.338 e. The van der Waals surface area contributed by atoms with Gasteiger partial charge in [0, 0.05) is 6.07 Å². The lowest BCUT2D eigenvalue weighted by Gasteiger charge is -2.14. The molecule has 2 aromatic carbocycles. The van der Waals surface area contributed by atoms with E-state index in [2.05, 4.69) is 5.16 Å². The minimum Gasteiger partial charge on any atom is -0.489 e. The average molecular weight is 396 g/mol. The summed E-state index contributed by atoms with van der Waals surface area (Å²) >= 11 is 0. The molecule has 0 aliphatic heterocycles. The van der Waals surface area contributed by atoms with Crippen LogP contribution in [0.25, 0.3) is 0 Å². The van der Waals surface area contributed by atoms with Crippen molar-refractivity contribution in [2.45, 2.75) is 33.5 Å². The zero-order valence-electron chi connectivity index (χ0n) is 16.2. The maximum absolute atomic E-state index is 12.4. The third-order valence-corrected chi connectivity index (χ3v) is 4.51. The molecule has 0 fully saturated rings. The summed E-state index contributed by atoms with van der Waals surface area (Å²) in [6.07, 6.45) is -0.764. The van der Waals surface area contributed by atoms with Gasteiger partial charge in [-0.15, -0.1) is 0 Å². The fourth-order valence-corrected chi connectivity index (χ4v) is 2.84. The fourth-order valence-electron chi connectivity index (χ4n) is 2.84. The van der Waals surface area contributed by atoms with E-state index in [4.69, 9.17) is 14.0 Å². The van der Waals surface area contributed by atoms with E-state index in [-0.39, 0.29) is 5.69 Å². The number of nitro benzene ring substituents is 1. The molecule has 0 saturated heterocycles. The summed E-state index contributed by atoms with van der Waals surface area (Å²) in [6.45, 7) is 5.56. The Balaban J connectivity index is 1.64. The number of nitro groups is 1. The predicted octanol–water partition coefficient (Wildman–Crippen LogP) is 4.70. The van der Waals surface area contributed by atoms with Crippen molar-refractivity contribution in [3.63, 3.8) is 0 Å². The van der Waals surface area contributed by atoms with Crippen LogP contribution >= 0.6 is 0 Å². The van der Waals surface area contributed by atoms with E-state index < -0.39 is 17.0 Å². The molecule has 3 rings (SSSR count). The second-order valence-corrected chi connectivity index (χ2v) is 6.48. The Morgan fingerprint density at radius 3 is 2.48 bits per heavy atom. The minimum atomic E-state index is -0.764. The molecule has 8 heteroatoms. The summed E-state index contributed by atoms with van der Waals surface area (Å²) in [5.41, 5.74) is 2.22. The first-order valence-corrected chi connectivity index (χ1v) is 8.95. The number of rotatable bonds is 7. The first kappa shape index (κ1) is 20.1. The second-order valence-electron chi connectivity index (χ2n) is 6.48. The highest BCUT2D eigenvalue weighted by Crippen LogP contribution is 2.28. The van der Waals surface area contributed by atoms with Crippen molar-refractivity contribution in [2.75, 3.05) is 0 Å². The van der Waals surface area contributed by atoms with E-state index in [1.54, 1.807) is 49.4 Å². The van der Waals surface area contributed by atoms with Crippen LogP contribution in [0.2, 0.25) is 0 Å². The molecule has 1 aromatic heterocycles. The zero-order chi connectivity index (χ0) is 21.0. The Bertz CT molecular complexity index is 1010. The molecule has 0 aliphatic rings. The first-order chi connectivity index (χ1) is 13.9. The highest BCUT2D eigenvalue weighted by atomic mass is 16.6. The van der Waals surface area contributed by atoms with E-state index in [1.807, 2.05) is 13.8 Å². The van der Waals surface area contributed by atoms with Crippen molar-refractivity contribution in [3.05, 3.63) is 86.8 Å². The Labute approximate surface area is 167 Å². The summed E-state index contributed by atoms with van der Waals surface area (Å²) in [6, 6.07) is 12.7. The van der Waals surface area contributed by atoms with Crippen LogP contribution in [0.3, 0.4) is 0 Å². The summed E-state index contributed by atoms with van der Waals surface area (Å²) in [5.74, 6) is 0.702. The molecule has 0 radical (unpaired) electrons. The number of aromatic nitrogens is 1. The van der Waals surface area contributed by atoms with Gasteiger partial charge in [-0.1, -0.05) is 17.3 Å². The van der Waals surface area contributed by atoms with Crippen LogP contribution < -0.4 is 4.74 Å². The van der Waals surface area contributed by atoms with Gasteiger partial charge in [0.05, 0.1) is 27.3 Å². The van der Waals surface area contributed by atoms with Gasteiger partial charge in [0.15, 0.2) is 0 Å². The minimum absolute atomic E-state index is 0.0872. The number of ether oxygens (including phenoxy) is 2. The number of para-hydroxylation sites is 1. The number of esters is 1. The quantitative estimate of drug-likeness (QED) is 0.324. The zero-order valence-corrected chi connectivity index (χ0v) is 16.2. The van der Waals surface area contributed by atoms with Crippen molar-refractivity contribution in [3.8, 4) is 5.75 Å². The number of aryl methyl sites for hydroxylation is 2. The summed E-state index contributed by atoms with van der Waals surface area (Å²) in [4.78, 5) is 23.1. The number of carbonyl (C=O) groups is 1. The monoisotopic (exact) mass is 396 g/mol. The van der Waals surface area contributed by atoms with Crippen molar-refractivity contribution in [2.24, 2.45) is 0 Å². The first-order valence-electron chi connectivity index (χ1n) is 8.95. The molecule has 0 spiro atoms. The molecule has 0 N–H and O–H groups in total. The summed E-state index contributed by atoms with van der Waals surface area (Å²) in [7, 11) is 0. The topological polar surface area (TPSA) is 105 Å². The number of carbonyl (C=O) groups excluding carboxylic acids is 1. The molecule has 0 bridgehead atoms. The highest BCUT2D eigenvalue weighted by Gasteiger charge is 2.22. The Kier molecular flexibility index (Phi) is 5.92. The van der Waals surface area contributed by atoms with E-state index in [0.29, 0.717) is 29.2 Å². The van der Waals surface area contributed by atoms with Gasteiger partial charge in [-0.3, -0.25) is 10.1 Å². The number of hydrogen-bond donors (Lipinski definition) is 0. The maximum atomic E-state index is 12.4. The Hall–Kier alpha value is -3.68. The molecule has 150 valence electrons. The summed E-state index contributed by atoms with van der Waals surface area (Å²) in [5, 5.41) is 15.0. The normalized spacial score (nSPS) is 11.7. The van der Waals surface area contributed by atoms with Gasteiger partial charge in [-0.2, -0.15) is 0 Å². The van der Waals surface area contributed by atoms with Crippen LogP contribution in [0.1, 0.15) is 46.0 Å². The van der Waals surface area contributed by atoms with Gasteiger partial charge < -0.3 is 14.0 Å². The standard InChI is InChI=1S/C21H20N2O6/c1-13-19(15(3)29-22-13)12-27-17-10-8-16(9-11-17)21(24)28-14(2)18-6-4-5-7-20(18)23(25)26/h4-11,14H,12H2,1-3H3. The van der Waals surface area contributed by atoms with Crippen molar-refractivity contribution in [1.29, 1.82) is 0 Å². The number of nitrogens with zero attached hydrogens (tertiary/aromatic N) is 2. The van der Waals surface area contributed by atoms with Crippen LogP contribution in [0, 0.1) is 24.0 Å². The molecule has 0 saturated carbocycles. The van der Waals surface area contributed by atoms with Crippen molar-refractivity contribution in [1.82, 2.24) is 5.16 Å².